The number of amides is 1. The number of carboxylic acids is 1. The first-order valence-electron chi connectivity index (χ1n) is 8.47. The second-order valence-corrected chi connectivity index (χ2v) is 6.86. The van der Waals surface area contributed by atoms with Crippen LogP contribution in [0.3, 0.4) is 0 Å². The number of carbonyl (C=O) groups is 2. The third-order valence-electron chi connectivity index (χ3n) is 4.55. The summed E-state index contributed by atoms with van der Waals surface area (Å²) >= 11 is 6.05. The van der Waals surface area contributed by atoms with Crippen molar-refractivity contribution in [2.75, 3.05) is 13.2 Å². The van der Waals surface area contributed by atoms with Gasteiger partial charge in [0.2, 0.25) is 5.91 Å². The molecule has 2 N–H and O–H groups in total. The zero-order chi connectivity index (χ0) is 18.6. The second kappa shape index (κ2) is 7.79. The SMILES string of the molecule is O=C(O)COc1ccc(CCNC(=O)C2(c3cccc(Cl)c3)CC2)cc1. The van der Waals surface area contributed by atoms with Crippen molar-refractivity contribution < 1.29 is 19.4 Å². The highest BCUT2D eigenvalue weighted by Crippen LogP contribution is 2.48. The van der Waals surface area contributed by atoms with Gasteiger partial charge in [-0.3, -0.25) is 4.79 Å². The number of halogens is 1. The average Bonchev–Trinajstić information content (AvgIpc) is 3.43. The van der Waals surface area contributed by atoms with Crippen molar-refractivity contribution in [3.63, 3.8) is 0 Å². The lowest BCUT2D eigenvalue weighted by molar-refractivity contribution is -0.139. The molecule has 1 fully saturated rings. The number of benzene rings is 2. The Morgan fingerprint density at radius 2 is 1.88 bits per heavy atom. The van der Waals surface area contributed by atoms with E-state index in [0.717, 1.165) is 24.0 Å². The molecule has 0 heterocycles. The summed E-state index contributed by atoms with van der Waals surface area (Å²) in [7, 11) is 0. The van der Waals surface area contributed by atoms with E-state index in [-0.39, 0.29) is 12.5 Å². The number of ether oxygens (including phenoxy) is 1. The smallest absolute Gasteiger partial charge is 0.341 e. The molecule has 6 heteroatoms. The lowest BCUT2D eigenvalue weighted by Gasteiger charge is -2.16. The van der Waals surface area contributed by atoms with Gasteiger partial charge in [0.25, 0.3) is 0 Å². The number of carbonyl (C=O) groups excluding carboxylic acids is 1. The van der Waals surface area contributed by atoms with Gasteiger partial charge >= 0.3 is 5.97 Å². The Kier molecular flexibility index (Phi) is 5.47. The van der Waals surface area contributed by atoms with Gasteiger partial charge in [-0.1, -0.05) is 35.9 Å². The molecule has 136 valence electrons. The number of hydrogen-bond donors (Lipinski definition) is 2. The fourth-order valence-electron chi connectivity index (χ4n) is 2.94. The van der Waals surface area contributed by atoms with Crippen molar-refractivity contribution in [2.45, 2.75) is 24.7 Å². The highest BCUT2D eigenvalue weighted by molar-refractivity contribution is 6.30. The van der Waals surface area contributed by atoms with Crippen molar-refractivity contribution in [1.29, 1.82) is 0 Å². The van der Waals surface area contributed by atoms with Crippen molar-refractivity contribution in [3.8, 4) is 5.75 Å². The molecular weight excluding hydrogens is 354 g/mol. The predicted molar refractivity (Wildman–Crippen MR) is 98.7 cm³/mol. The molecule has 2 aromatic rings. The van der Waals surface area contributed by atoms with E-state index in [4.69, 9.17) is 21.4 Å². The summed E-state index contributed by atoms with van der Waals surface area (Å²) in [6.45, 7) is 0.178. The summed E-state index contributed by atoms with van der Waals surface area (Å²) in [6, 6.07) is 14.7. The number of nitrogens with one attached hydrogen (secondary N) is 1. The molecule has 1 saturated carbocycles. The zero-order valence-corrected chi connectivity index (χ0v) is 15.0. The average molecular weight is 374 g/mol. The monoisotopic (exact) mass is 373 g/mol. The van der Waals surface area contributed by atoms with Crippen LogP contribution in [0, 0.1) is 0 Å². The van der Waals surface area contributed by atoms with Gasteiger partial charge < -0.3 is 15.2 Å². The molecular formula is C20H20ClNO4. The van der Waals surface area contributed by atoms with Crippen LogP contribution in [-0.4, -0.2) is 30.1 Å². The fraction of sp³-hybridized carbons (Fsp3) is 0.300. The van der Waals surface area contributed by atoms with E-state index in [2.05, 4.69) is 5.32 Å². The summed E-state index contributed by atoms with van der Waals surface area (Å²) in [5.41, 5.74) is 1.59. The van der Waals surface area contributed by atoms with Crippen LogP contribution in [0.4, 0.5) is 0 Å². The normalized spacial score (nSPS) is 14.5. The van der Waals surface area contributed by atoms with Crippen LogP contribution >= 0.6 is 11.6 Å². The Balaban J connectivity index is 1.50. The van der Waals surface area contributed by atoms with Crippen LogP contribution in [0.15, 0.2) is 48.5 Å². The highest BCUT2D eigenvalue weighted by atomic mass is 35.5. The van der Waals surface area contributed by atoms with Crippen LogP contribution in [0.1, 0.15) is 24.0 Å². The fourth-order valence-corrected chi connectivity index (χ4v) is 3.14. The number of aliphatic carboxylic acids is 1. The van der Waals surface area contributed by atoms with Gasteiger partial charge in [0.1, 0.15) is 5.75 Å². The lowest BCUT2D eigenvalue weighted by Crippen LogP contribution is -2.35. The molecule has 0 aliphatic heterocycles. The topological polar surface area (TPSA) is 75.6 Å². The molecule has 0 atom stereocenters. The van der Waals surface area contributed by atoms with Crippen LogP contribution in [0.2, 0.25) is 5.02 Å². The Bertz CT molecular complexity index is 800. The minimum Gasteiger partial charge on any atom is -0.482 e. The van der Waals surface area contributed by atoms with Crippen molar-refractivity contribution in [3.05, 3.63) is 64.7 Å². The van der Waals surface area contributed by atoms with Gasteiger partial charge in [-0.05, 0) is 54.7 Å². The Labute approximate surface area is 156 Å². The summed E-state index contributed by atoms with van der Waals surface area (Å²) in [6.07, 6.45) is 2.38. The van der Waals surface area contributed by atoms with E-state index in [1.807, 2.05) is 36.4 Å². The Morgan fingerprint density at radius 1 is 1.15 bits per heavy atom. The molecule has 5 nitrogen and oxygen atoms in total. The maximum atomic E-state index is 12.6. The molecule has 1 aliphatic carbocycles. The van der Waals surface area contributed by atoms with Gasteiger partial charge in [-0.15, -0.1) is 0 Å². The van der Waals surface area contributed by atoms with Gasteiger partial charge in [-0.2, -0.15) is 0 Å². The van der Waals surface area contributed by atoms with E-state index < -0.39 is 11.4 Å². The molecule has 0 aromatic heterocycles. The van der Waals surface area contributed by atoms with E-state index in [1.165, 1.54) is 0 Å². The number of carboxylic acid groups (broad SMARTS) is 1. The van der Waals surface area contributed by atoms with Gasteiger partial charge in [0.05, 0.1) is 5.41 Å². The number of rotatable bonds is 8. The van der Waals surface area contributed by atoms with Crippen LogP contribution < -0.4 is 10.1 Å². The predicted octanol–water partition coefficient (Wildman–Crippen LogP) is 3.19. The standard InChI is InChI=1S/C20H20ClNO4/c21-16-3-1-2-15(12-16)20(9-10-20)19(25)22-11-8-14-4-6-17(7-5-14)26-13-18(23)24/h1-7,12H,8-11,13H2,(H,22,25)(H,23,24). The molecule has 0 saturated heterocycles. The van der Waals surface area contributed by atoms with Crippen LogP contribution in [0.5, 0.6) is 5.75 Å². The summed E-state index contributed by atoms with van der Waals surface area (Å²) in [4.78, 5) is 23.1. The van der Waals surface area contributed by atoms with E-state index in [0.29, 0.717) is 23.7 Å². The molecule has 0 bridgehead atoms. The summed E-state index contributed by atoms with van der Waals surface area (Å²) in [5.74, 6) is -0.454. The minimum absolute atomic E-state index is 0.0428. The maximum Gasteiger partial charge on any atom is 0.341 e. The van der Waals surface area contributed by atoms with Crippen molar-refractivity contribution in [2.24, 2.45) is 0 Å². The third-order valence-corrected chi connectivity index (χ3v) is 4.78. The number of hydrogen-bond acceptors (Lipinski definition) is 3. The first kappa shape index (κ1) is 18.3. The molecule has 2 aromatic carbocycles. The maximum absolute atomic E-state index is 12.6. The second-order valence-electron chi connectivity index (χ2n) is 6.42. The molecule has 1 amide bonds. The van der Waals surface area contributed by atoms with Crippen molar-refractivity contribution in [1.82, 2.24) is 5.32 Å². The van der Waals surface area contributed by atoms with Gasteiger partial charge in [0, 0.05) is 11.6 Å². The minimum atomic E-state index is -1.01. The van der Waals surface area contributed by atoms with Crippen LogP contribution in [0.25, 0.3) is 0 Å². The molecule has 0 spiro atoms. The lowest BCUT2D eigenvalue weighted by atomic mass is 9.95. The largest absolute Gasteiger partial charge is 0.482 e. The molecule has 26 heavy (non-hydrogen) atoms. The summed E-state index contributed by atoms with van der Waals surface area (Å²) < 4.78 is 5.10. The molecule has 0 unspecified atom stereocenters. The molecule has 3 rings (SSSR count). The Hall–Kier alpha value is -2.53. The van der Waals surface area contributed by atoms with Gasteiger partial charge in [-0.25, -0.2) is 4.79 Å². The highest BCUT2D eigenvalue weighted by Gasteiger charge is 2.51. The van der Waals surface area contributed by atoms with E-state index in [1.54, 1.807) is 12.1 Å². The molecule has 1 aliphatic rings. The Morgan fingerprint density at radius 3 is 2.50 bits per heavy atom. The van der Waals surface area contributed by atoms with E-state index in [9.17, 15) is 9.59 Å². The first-order valence-corrected chi connectivity index (χ1v) is 8.85. The van der Waals surface area contributed by atoms with E-state index >= 15 is 0 Å². The summed E-state index contributed by atoms with van der Waals surface area (Å²) in [5, 5.41) is 12.3. The first-order chi connectivity index (χ1) is 12.5. The molecule has 0 radical (unpaired) electrons. The zero-order valence-electron chi connectivity index (χ0n) is 14.2. The van der Waals surface area contributed by atoms with Crippen LogP contribution in [-0.2, 0) is 21.4 Å². The van der Waals surface area contributed by atoms with Gasteiger partial charge in [0.15, 0.2) is 6.61 Å². The third kappa shape index (κ3) is 4.35. The quantitative estimate of drug-likeness (QED) is 0.745. The van der Waals surface area contributed by atoms with Crippen molar-refractivity contribution >= 4 is 23.5 Å².